The number of benzene rings is 2. The smallest absolute Gasteiger partial charge is 0.387 e. The molecule has 0 saturated carbocycles. The summed E-state index contributed by atoms with van der Waals surface area (Å²) in [4.78, 5) is 29.9. The second-order valence-corrected chi connectivity index (χ2v) is 5.94. The van der Waals surface area contributed by atoms with Crippen molar-refractivity contribution in [1.29, 1.82) is 0 Å². The molecule has 0 radical (unpaired) electrons. The van der Waals surface area contributed by atoms with Crippen LogP contribution in [0.4, 0.5) is 28.9 Å². The van der Waals surface area contributed by atoms with Gasteiger partial charge in [0, 0.05) is 5.39 Å². The molecular formula is C13H7Cl3F4N2O6. The Balaban J connectivity index is 0.000000577. The first-order chi connectivity index (χ1) is 12.2. The van der Waals surface area contributed by atoms with Gasteiger partial charge in [-0.15, -0.1) is 0 Å². The molecule has 0 aliphatic heterocycles. The highest BCUT2D eigenvalue weighted by atomic mass is 35.5. The fraction of sp³-hybridized carbons (Fsp3) is 0.154. The number of fused-ring (bicyclic) bond motifs is 1. The molecule has 0 aromatic heterocycles. The van der Waals surface area contributed by atoms with Gasteiger partial charge in [0.05, 0.1) is 21.3 Å². The number of ketones is 1. The lowest BCUT2D eigenvalue weighted by Crippen LogP contribution is -2.34. The number of nitrogens with zero attached hydrogens (tertiary/aromatic N) is 2. The van der Waals surface area contributed by atoms with E-state index in [-0.39, 0.29) is 21.6 Å². The number of Topliss-reactive ketones (excluding diaryl/α,β-unsaturated/α-hetero) is 1. The first kappa shape index (κ1) is 25.7. The van der Waals surface area contributed by atoms with Gasteiger partial charge in [-0.3, -0.25) is 25.0 Å². The zero-order valence-corrected chi connectivity index (χ0v) is 15.2. The van der Waals surface area contributed by atoms with Gasteiger partial charge in [0.1, 0.15) is 5.02 Å². The number of alkyl halides is 6. The lowest BCUT2D eigenvalue weighted by atomic mass is 10.1. The Labute approximate surface area is 167 Å². The fourth-order valence-electron chi connectivity index (χ4n) is 1.75. The van der Waals surface area contributed by atoms with E-state index in [1.165, 1.54) is 12.1 Å². The Morgan fingerprint density at radius 2 is 1.29 bits per heavy atom. The fourth-order valence-corrected chi connectivity index (χ4v) is 2.33. The van der Waals surface area contributed by atoms with Crippen molar-refractivity contribution in [3.63, 3.8) is 0 Å². The molecule has 2 N–H and O–H groups in total. The molecule has 0 atom stereocenters. The van der Waals surface area contributed by atoms with Crippen LogP contribution in [0.5, 0.6) is 0 Å². The molecule has 15 heteroatoms. The lowest BCUT2D eigenvalue weighted by Gasteiger charge is -2.09. The van der Waals surface area contributed by atoms with Gasteiger partial charge in [0.25, 0.3) is 11.4 Å². The summed E-state index contributed by atoms with van der Waals surface area (Å²) >= 11 is 13.7. The summed E-state index contributed by atoms with van der Waals surface area (Å²) < 4.78 is 45.9. The average molecular weight is 470 g/mol. The van der Waals surface area contributed by atoms with Crippen molar-refractivity contribution in [1.82, 2.24) is 0 Å². The Morgan fingerprint density at radius 3 is 1.61 bits per heavy atom. The van der Waals surface area contributed by atoms with E-state index in [9.17, 15) is 42.6 Å². The Morgan fingerprint density at radius 1 is 0.893 bits per heavy atom. The third kappa shape index (κ3) is 6.12. The van der Waals surface area contributed by atoms with Gasteiger partial charge < -0.3 is 5.48 Å². The van der Waals surface area contributed by atoms with Crippen molar-refractivity contribution in [3.8, 4) is 0 Å². The molecule has 8 nitrogen and oxygen atoms in total. The summed E-state index contributed by atoms with van der Waals surface area (Å²) in [5.74, 6) is -2.82. The maximum absolute atomic E-state index is 11.5. The van der Waals surface area contributed by atoms with E-state index in [0.29, 0.717) is 5.39 Å². The van der Waals surface area contributed by atoms with Crippen LogP contribution < -0.4 is 0 Å². The van der Waals surface area contributed by atoms with E-state index in [0.717, 1.165) is 6.07 Å². The molecule has 0 aliphatic carbocycles. The van der Waals surface area contributed by atoms with Gasteiger partial charge in [-0.1, -0.05) is 29.8 Å². The number of hydrogen-bond donors (Lipinski definition) is 0. The summed E-state index contributed by atoms with van der Waals surface area (Å²) in [5, 5.41) is 12.9. The average Bonchev–Trinajstić information content (AvgIpc) is 2.53. The molecular weight excluding hydrogens is 463 g/mol. The molecule has 0 aliphatic rings. The van der Waals surface area contributed by atoms with Crippen LogP contribution in [-0.4, -0.2) is 31.9 Å². The van der Waals surface area contributed by atoms with Gasteiger partial charge in [0.2, 0.25) is 0 Å². The van der Waals surface area contributed by atoms with Gasteiger partial charge in [-0.2, -0.15) is 17.6 Å². The van der Waals surface area contributed by atoms with Crippen LogP contribution in [0.2, 0.25) is 5.02 Å². The topological polar surface area (TPSA) is 135 Å². The standard InChI is InChI=1S/C10H5ClN2O4.C3Cl2F4O.H2O/c11-10-7-4-2-1-3-6(7)8(12(14)15)5-9(10)13(16)17;4-2(6,7)1(10)3(5,8)9;/h1-5H;;1H2. The van der Waals surface area contributed by atoms with Crippen LogP contribution in [-0.2, 0) is 4.79 Å². The molecule has 0 heterocycles. The predicted molar refractivity (Wildman–Crippen MR) is 92.5 cm³/mol. The SMILES string of the molecule is O.O=C(C(F)(F)Cl)C(F)(F)Cl.O=[N+]([O-])c1cc([N+](=O)[O-])c2ccccc2c1Cl. The molecule has 0 amide bonds. The van der Waals surface area contributed by atoms with E-state index >= 15 is 0 Å². The third-order valence-corrected chi connectivity index (χ3v) is 3.59. The van der Waals surface area contributed by atoms with E-state index in [1.54, 1.807) is 12.1 Å². The largest absolute Gasteiger partial charge is 0.412 e. The maximum Gasteiger partial charge on any atom is 0.387 e. The number of carbonyl (C=O) groups is 1. The normalized spacial score (nSPS) is 11.1. The van der Waals surface area contributed by atoms with Crippen molar-refractivity contribution in [2.24, 2.45) is 0 Å². The minimum absolute atomic E-state index is 0. The first-order valence-corrected chi connectivity index (χ1v) is 7.49. The predicted octanol–water partition coefficient (Wildman–Crippen LogP) is 4.70. The highest BCUT2D eigenvalue weighted by molar-refractivity contribution is 6.41. The number of rotatable bonds is 4. The number of non-ortho nitro benzene ring substituents is 1. The Hall–Kier alpha value is -2.28. The summed E-state index contributed by atoms with van der Waals surface area (Å²) in [6, 6.07) is 7.12. The monoisotopic (exact) mass is 468 g/mol. The van der Waals surface area contributed by atoms with E-state index in [2.05, 4.69) is 23.2 Å². The number of nitro benzene ring substituents is 2. The molecule has 2 aromatic rings. The Kier molecular flexibility index (Phi) is 8.52. The zero-order valence-electron chi connectivity index (χ0n) is 13.0. The first-order valence-electron chi connectivity index (χ1n) is 6.36. The molecule has 2 rings (SSSR count). The molecule has 0 unspecified atom stereocenters. The highest BCUT2D eigenvalue weighted by Crippen LogP contribution is 2.38. The maximum atomic E-state index is 11.5. The Bertz CT molecular complexity index is 902. The van der Waals surface area contributed by atoms with Gasteiger partial charge >= 0.3 is 16.5 Å². The minimum atomic E-state index is -4.61. The van der Waals surface area contributed by atoms with Crippen molar-refractivity contribution in [2.75, 3.05) is 0 Å². The summed E-state index contributed by atoms with van der Waals surface area (Å²) in [5.41, 5.74) is -0.784. The van der Waals surface area contributed by atoms with Crippen molar-refractivity contribution in [3.05, 3.63) is 55.6 Å². The number of carbonyl (C=O) groups excluding carboxylic acids is 1. The highest BCUT2D eigenvalue weighted by Gasteiger charge is 2.51. The van der Waals surface area contributed by atoms with Crippen molar-refractivity contribution in [2.45, 2.75) is 10.8 Å². The van der Waals surface area contributed by atoms with Gasteiger partial charge in [-0.25, -0.2) is 0 Å². The van der Waals surface area contributed by atoms with Crippen molar-refractivity contribution < 1.29 is 37.7 Å². The van der Waals surface area contributed by atoms with Crippen LogP contribution in [0.15, 0.2) is 30.3 Å². The number of nitro groups is 2. The molecule has 28 heavy (non-hydrogen) atoms. The van der Waals surface area contributed by atoms with E-state index in [4.69, 9.17) is 11.6 Å². The minimum Gasteiger partial charge on any atom is -0.412 e. The number of halogens is 7. The van der Waals surface area contributed by atoms with Crippen molar-refractivity contribution >= 4 is 62.7 Å². The van der Waals surface area contributed by atoms with Crippen LogP contribution in [0, 0.1) is 20.2 Å². The summed E-state index contributed by atoms with van der Waals surface area (Å²) in [7, 11) is 0. The molecule has 0 bridgehead atoms. The molecule has 0 saturated heterocycles. The van der Waals surface area contributed by atoms with Crippen LogP contribution in [0.25, 0.3) is 10.8 Å². The van der Waals surface area contributed by atoms with Crippen LogP contribution in [0.1, 0.15) is 0 Å². The second kappa shape index (κ2) is 9.28. The third-order valence-electron chi connectivity index (χ3n) is 2.85. The lowest BCUT2D eigenvalue weighted by molar-refractivity contribution is -0.392. The van der Waals surface area contributed by atoms with Crippen LogP contribution >= 0.6 is 34.8 Å². The molecule has 2 aromatic carbocycles. The summed E-state index contributed by atoms with van der Waals surface area (Å²) in [6.07, 6.45) is 0. The molecule has 0 spiro atoms. The molecule has 154 valence electrons. The van der Waals surface area contributed by atoms with E-state index in [1.807, 2.05) is 0 Å². The summed E-state index contributed by atoms with van der Waals surface area (Å²) in [6.45, 7) is 0. The second-order valence-electron chi connectivity index (χ2n) is 4.61. The quantitative estimate of drug-likeness (QED) is 0.277. The van der Waals surface area contributed by atoms with Gasteiger partial charge in [-0.05, 0) is 29.3 Å². The zero-order chi connectivity index (χ0) is 21.2. The van der Waals surface area contributed by atoms with Gasteiger partial charge in [0.15, 0.2) is 0 Å². The molecule has 0 fully saturated rings. The van der Waals surface area contributed by atoms with Crippen LogP contribution in [0.3, 0.4) is 0 Å². The van der Waals surface area contributed by atoms with E-state index < -0.39 is 32.1 Å². The number of hydrogen-bond acceptors (Lipinski definition) is 5.